The Hall–Kier alpha value is -2.10. The number of halogens is 3. The van der Waals surface area contributed by atoms with Crippen molar-refractivity contribution in [2.24, 2.45) is 0 Å². The Labute approximate surface area is 165 Å². The molecule has 0 spiro atoms. The minimum absolute atomic E-state index is 0. The van der Waals surface area contributed by atoms with Crippen LogP contribution in [-0.4, -0.2) is 35.3 Å². The maximum Gasteiger partial charge on any atom is 0.262 e. The fourth-order valence-corrected chi connectivity index (χ4v) is 3.29. The summed E-state index contributed by atoms with van der Waals surface area (Å²) in [6.07, 6.45) is -0.493. The molecule has 1 aromatic heterocycles. The molecule has 0 bridgehead atoms. The highest BCUT2D eigenvalue weighted by Crippen LogP contribution is 2.25. The number of alkyl halides is 2. The fourth-order valence-electron chi connectivity index (χ4n) is 2.56. The van der Waals surface area contributed by atoms with Crippen LogP contribution in [0.4, 0.5) is 8.78 Å². The number of hydrogen-bond acceptors (Lipinski definition) is 5. The third kappa shape index (κ3) is 5.95. The minimum Gasteiger partial charge on any atom is -0.349 e. The number of carbonyl (C=O) groups excluding carboxylic acids is 2. The van der Waals surface area contributed by atoms with Crippen molar-refractivity contribution in [3.05, 3.63) is 52.0 Å². The van der Waals surface area contributed by atoms with Gasteiger partial charge in [0.15, 0.2) is 0 Å². The number of rotatable bonds is 6. The zero-order chi connectivity index (χ0) is 18.6. The Morgan fingerprint density at radius 2 is 1.96 bits per heavy atom. The molecular weight excluding hydrogens is 398 g/mol. The molecule has 0 radical (unpaired) electrons. The van der Waals surface area contributed by atoms with E-state index in [4.69, 9.17) is 0 Å². The van der Waals surface area contributed by atoms with E-state index in [0.29, 0.717) is 16.3 Å². The molecule has 1 aliphatic rings. The van der Waals surface area contributed by atoms with E-state index in [9.17, 15) is 18.4 Å². The zero-order valence-corrected chi connectivity index (χ0v) is 15.8. The van der Waals surface area contributed by atoms with Gasteiger partial charge in [0.25, 0.3) is 11.8 Å². The number of benzene rings is 1. The van der Waals surface area contributed by atoms with Crippen molar-refractivity contribution in [1.29, 1.82) is 0 Å². The SMILES string of the molecule is Cl.O=C(NCc1nc(CNC(=O)C2CC(F)(F)CN2)cs1)c1ccccc1. The van der Waals surface area contributed by atoms with E-state index in [1.165, 1.54) is 11.3 Å². The van der Waals surface area contributed by atoms with Gasteiger partial charge in [0, 0.05) is 17.4 Å². The summed E-state index contributed by atoms with van der Waals surface area (Å²) in [4.78, 5) is 28.2. The standard InChI is InChI=1S/C17H18F2N4O2S.ClH/c18-17(19)6-13(22-10-17)16(25)20-7-12-9-26-14(23-12)8-21-15(24)11-4-2-1-3-5-11;/h1-5,9,13,22H,6-8,10H2,(H,20,25)(H,21,24);1H. The maximum atomic E-state index is 13.1. The number of thiazole rings is 1. The first-order chi connectivity index (χ1) is 12.4. The van der Waals surface area contributed by atoms with Crippen molar-refractivity contribution in [3.8, 4) is 0 Å². The summed E-state index contributed by atoms with van der Waals surface area (Å²) in [6.45, 7) is -0.0402. The van der Waals surface area contributed by atoms with E-state index in [2.05, 4.69) is 20.9 Å². The molecular formula is C17H19ClF2N4O2S. The van der Waals surface area contributed by atoms with Gasteiger partial charge in [-0.15, -0.1) is 23.7 Å². The number of hydrogen-bond donors (Lipinski definition) is 3. The molecule has 1 saturated heterocycles. The lowest BCUT2D eigenvalue weighted by Crippen LogP contribution is -2.40. The molecule has 0 aliphatic carbocycles. The highest BCUT2D eigenvalue weighted by atomic mass is 35.5. The van der Waals surface area contributed by atoms with Crippen molar-refractivity contribution in [3.63, 3.8) is 0 Å². The van der Waals surface area contributed by atoms with Gasteiger partial charge in [-0.1, -0.05) is 18.2 Å². The van der Waals surface area contributed by atoms with Crippen LogP contribution in [0, 0.1) is 0 Å². The molecule has 10 heteroatoms. The number of aromatic nitrogens is 1. The van der Waals surface area contributed by atoms with E-state index >= 15 is 0 Å². The molecule has 0 saturated carbocycles. The Morgan fingerprint density at radius 3 is 2.63 bits per heavy atom. The van der Waals surface area contributed by atoms with E-state index in [0.717, 1.165) is 0 Å². The van der Waals surface area contributed by atoms with Gasteiger partial charge >= 0.3 is 0 Å². The second kappa shape index (κ2) is 9.20. The van der Waals surface area contributed by atoms with E-state index in [1.807, 2.05) is 6.07 Å². The van der Waals surface area contributed by atoms with Crippen LogP contribution in [0.15, 0.2) is 35.7 Å². The Morgan fingerprint density at radius 1 is 1.22 bits per heavy atom. The molecule has 1 atom stereocenters. The third-order valence-corrected chi connectivity index (χ3v) is 4.80. The molecule has 3 N–H and O–H groups in total. The second-order valence-electron chi connectivity index (χ2n) is 5.99. The molecule has 1 aliphatic heterocycles. The van der Waals surface area contributed by atoms with Gasteiger partial charge in [-0.2, -0.15) is 0 Å². The van der Waals surface area contributed by atoms with E-state index in [-0.39, 0.29) is 31.4 Å². The molecule has 1 fully saturated rings. The molecule has 6 nitrogen and oxygen atoms in total. The maximum absolute atomic E-state index is 13.1. The van der Waals surface area contributed by atoms with Crippen LogP contribution in [0.5, 0.6) is 0 Å². The summed E-state index contributed by atoms with van der Waals surface area (Å²) in [5.41, 5.74) is 1.19. The van der Waals surface area contributed by atoms with Crippen LogP contribution in [0.1, 0.15) is 27.5 Å². The highest BCUT2D eigenvalue weighted by molar-refractivity contribution is 7.09. The topological polar surface area (TPSA) is 83.1 Å². The summed E-state index contributed by atoms with van der Waals surface area (Å²) in [5, 5.41) is 10.4. The first-order valence-electron chi connectivity index (χ1n) is 8.08. The van der Waals surface area contributed by atoms with Crippen LogP contribution in [0.25, 0.3) is 0 Å². The fraction of sp³-hybridized carbons (Fsp3) is 0.353. The lowest BCUT2D eigenvalue weighted by molar-refractivity contribution is -0.123. The van der Waals surface area contributed by atoms with Gasteiger partial charge in [-0.25, -0.2) is 13.8 Å². The molecule has 27 heavy (non-hydrogen) atoms. The molecule has 2 heterocycles. The molecule has 1 aromatic carbocycles. The monoisotopic (exact) mass is 416 g/mol. The van der Waals surface area contributed by atoms with E-state index < -0.39 is 30.8 Å². The van der Waals surface area contributed by atoms with Crippen molar-refractivity contribution in [1.82, 2.24) is 20.9 Å². The Kier molecular flexibility index (Phi) is 7.23. The predicted octanol–water partition coefficient (Wildman–Crippen LogP) is 2.11. The van der Waals surface area contributed by atoms with Gasteiger partial charge in [-0.3, -0.25) is 14.9 Å². The van der Waals surface area contributed by atoms with Crippen LogP contribution in [0.2, 0.25) is 0 Å². The molecule has 2 aromatic rings. The molecule has 2 amide bonds. The van der Waals surface area contributed by atoms with Crippen LogP contribution in [0.3, 0.4) is 0 Å². The second-order valence-corrected chi connectivity index (χ2v) is 6.94. The van der Waals surface area contributed by atoms with Crippen LogP contribution in [-0.2, 0) is 17.9 Å². The number of carbonyl (C=O) groups is 2. The summed E-state index contributed by atoms with van der Waals surface area (Å²) in [6, 6.07) is 7.97. The normalized spacial score (nSPS) is 17.8. The number of nitrogens with zero attached hydrogens (tertiary/aromatic N) is 1. The predicted molar refractivity (Wildman–Crippen MR) is 100 cm³/mol. The molecule has 146 valence electrons. The largest absolute Gasteiger partial charge is 0.349 e. The lowest BCUT2D eigenvalue weighted by Gasteiger charge is -2.10. The minimum atomic E-state index is -2.84. The van der Waals surface area contributed by atoms with Crippen molar-refractivity contribution in [2.45, 2.75) is 31.5 Å². The summed E-state index contributed by atoms with van der Waals surface area (Å²) < 4.78 is 26.2. The smallest absolute Gasteiger partial charge is 0.262 e. The zero-order valence-electron chi connectivity index (χ0n) is 14.2. The third-order valence-electron chi connectivity index (χ3n) is 3.91. The van der Waals surface area contributed by atoms with E-state index in [1.54, 1.807) is 29.6 Å². The summed E-state index contributed by atoms with van der Waals surface area (Å²) >= 11 is 1.36. The summed E-state index contributed by atoms with van der Waals surface area (Å²) in [5.74, 6) is -3.50. The van der Waals surface area contributed by atoms with Gasteiger partial charge in [0.2, 0.25) is 5.91 Å². The van der Waals surface area contributed by atoms with Crippen LogP contribution < -0.4 is 16.0 Å². The quantitative estimate of drug-likeness (QED) is 0.673. The Balaban J connectivity index is 0.00000261. The van der Waals surface area contributed by atoms with Gasteiger partial charge in [0.05, 0.1) is 31.4 Å². The Bertz CT molecular complexity index is 788. The van der Waals surface area contributed by atoms with Crippen LogP contribution >= 0.6 is 23.7 Å². The first-order valence-corrected chi connectivity index (χ1v) is 8.96. The van der Waals surface area contributed by atoms with Crippen molar-refractivity contribution < 1.29 is 18.4 Å². The first kappa shape index (κ1) is 21.2. The van der Waals surface area contributed by atoms with Crippen molar-refractivity contribution in [2.75, 3.05) is 6.54 Å². The summed E-state index contributed by atoms with van der Waals surface area (Å²) in [7, 11) is 0. The number of amides is 2. The number of nitrogens with one attached hydrogen (secondary N) is 3. The van der Waals surface area contributed by atoms with Gasteiger partial charge in [-0.05, 0) is 12.1 Å². The highest BCUT2D eigenvalue weighted by Gasteiger charge is 2.42. The average Bonchev–Trinajstić information content (AvgIpc) is 3.24. The van der Waals surface area contributed by atoms with Gasteiger partial charge < -0.3 is 10.6 Å². The average molecular weight is 417 g/mol. The van der Waals surface area contributed by atoms with Crippen molar-refractivity contribution >= 4 is 35.6 Å². The molecule has 3 rings (SSSR count). The lowest BCUT2D eigenvalue weighted by atomic mass is 10.2. The molecule has 1 unspecified atom stereocenters. The van der Waals surface area contributed by atoms with Gasteiger partial charge in [0.1, 0.15) is 5.01 Å².